The van der Waals surface area contributed by atoms with Crippen LogP contribution in [0.25, 0.3) is 0 Å². The highest BCUT2D eigenvalue weighted by atomic mass is 28.4. The lowest BCUT2D eigenvalue weighted by Gasteiger charge is -2.30. The van der Waals surface area contributed by atoms with Crippen LogP contribution >= 0.6 is 0 Å². The third-order valence-electron chi connectivity index (χ3n) is 6.97. The van der Waals surface area contributed by atoms with Crippen molar-refractivity contribution in [3.8, 4) is 0 Å². The molecular formula is C28H46O3Si. The number of allylic oxidation sites excluding steroid dienone is 2. The SMILES string of the molecule is C[C@@H](CCc1ccccc1)CC[C@@H]1[C@@H](C/C=C\CCCC(=O)O)[C@@H](O[Si](C)(C)C)C[C@H]1C. The van der Waals surface area contributed by atoms with E-state index in [4.69, 9.17) is 9.53 Å². The largest absolute Gasteiger partial charge is 0.481 e. The molecule has 0 aromatic heterocycles. The van der Waals surface area contributed by atoms with Crippen molar-refractivity contribution < 1.29 is 14.3 Å². The van der Waals surface area contributed by atoms with Crippen molar-refractivity contribution in [1.82, 2.24) is 0 Å². The molecule has 1 aromatic rings. The molecule has 0 bridgehead atoms. The lowest BCUT2D eigenvalue weighted by molar-refractivity contribution is -0.137. The highest BCUT2D eigenvalue weighted by molar-refractivity contribution is 6.69. The molecule has 0 spiro atoms. The summed E-state index contributed by atoms with van der Waals surface area (Å²) < 4.78 is 6.66. The highest BCUT2D eigenvalue weighted by Gasteiger charge is 2.42. The van der Waals surface area contributed by atoms with Crippen LogP contribution in [0.15, 0.2) is 42.5 Å². The second kappa shape index (κ2) is 13.3. The number of rotatable bonds is 14. The van der Waals surface area contributed by atoms with Gasteiger partial charge in [0.1, 0.15) is 0 Å². The van der Waals surface area contributed by atoms with E-state index in [2.05, 4.69) is 76.0 Å². The Kier molecular flexibility index (Phi) is 11.2. The molecule has 3 nitrogen and oxygen atoms in total. The molecule has 2 rings (SSSR count). The van der Waals surface area contributed by atoms with Gasteiger partial charge < -0.3 is 9.53 Å². The average Bonchev–Trinajstić information content (AvgIpc) is 3.00. The number of hydrogen-bond acceptors (Lipinski definition) is 2. The monoisotopic (exact) mass is 458 g/mol. The highest BCUT2D eigenvalue weighted by Crippen LogP contribution is 2.45. The minimum atomic E-state index is -1.58. The number of carboxylic acid groups (broad SMARTS) is 1. The van der Waals surface area contributed by atoms with E-state index in [1.807, 2.05) is 0 Å². The van der Waals surface area contributed by atoms with Crippen LogP contribution in [0.3, 0.4) is 0 Å². The Morgan fingerprint density at radius 2 is 1.88 bits per heavy atom. The number of carbonyl (C=O) groups is 1. The average molecular weight is 459 g/mol. The Balaban J connectivity index is 1.90. The number of benzene rings is 1. The van der Waals surface area contributed by atoms with Crippen molar-refractivity contribution in [3.05, 3.63) is 48.0 Å². The molecule has 1 aromatic carbocycles. The first kappa shape index (κ1) is 26.9. The standard InChI is InChI=1S/C28H46O3Si/c1-22(17-19-24-13-9-8-10-14-24)18-20-25-23(2)21-27(31-32(3,4)5)26(25)15-11-6-7-12-16-28(29)30/h6,8-11,13-14,22-23,25-27H,7,12,15-21H2,1-5H3,(H,29,30)/b11-6-/t22-,23+,25-,26+,27-/m0/s1. The van der Waals surface area contributed by atoms with E-state index >= 15 is 0 Å². The summed E-state index contributed by atoms with van der Waals surface area (Å²) >= 11 is 0. The smallest absolute Gasteiger partial charge is 0.303 e. The fourth-order valence-electron chi connectivity index (χ4n) is 5.25. The van der Waals surface area contributed by atoms with Crippen LogP contribution in [0.2, 0.25) is 19.6 Å². The molecule has 4 heteroatoms. The van der Waals surface area contributed by atoms with Crippen LogP contribution in [-0.2, 0) is 15.6 Å². The number of aryl methyl sites for hydroxylation is 1. The molecule has 0 radical (unpaired) electrons. The minimum Gasteiger partial charge on any atom is -0.481 e. The van der Waals surface area contributed by atoms with Gasteiger partial charge in [0, 0.05) is 12.5 Å². The number of carboxylic acids is 1. The summed E-state index contributed by atoms with van der Waals surface area (Å²) in [5.74, 6) is 2.07. The molecule has 1 aliphatic carbocycles. The first-order valence-corrected chi connectivity index (χ1v) is 16.1. The second-order valence-electron chi connectivity index (χ2n) is 11.0. The van der Waals surface area contributed by atoms with Gasteiger partial charge in [0.2, 0.25) is 0 Å². The lowest BCUT2D eigenvalue weighted by Crippen LogP contribution is -2.35. The Hall–Kier alpha value is -1.39. The zero-order chi connectivity index (χ0) is 23.6. The molecular weight excluding hydrogens is 412 g/mol. The van der Waals surface area contributed by atoms with Gasteiger partial charge in [-0.25, -0.2) is 0 Å². The van der Waals surface area contributed by atoms with Gasteiger partial charge in [-0.05, 0) is 93.8 Å². The Morgan fingerprint density at radius 1 is 1.16 bits per heavy atom. The molecule has 0 aliphatic heterocycles. The first-order chi connectivity index (χ1) is 15.2. The summed E-state index contributed by atoms with van der Waals surface area (Å²) in [6, 6.07) is 10.8. The predicted molar refractivity (Wildman–Crippen MR) is 137 cm³/mol. The van der Waals surface area contributed by atoms with Crippen molar-refractivity contribution in [2.75, 3.05) is 0 Å². The molecule has 0 saturated heterocycles. The van der Waals surface area contributed by atoms with Gasteiger partial charge in [-0.2, -0.15) is 0 Å². The molecule has 1 fully saturated rings. The van der Waals surface area contributed by atoms with Gasteiger partial charge in [-0.3, -0.25) is 4.79 Å². The fraction of sp³-hybridized carbons (Fsp3) is 0.679. The van der Waals surface area contributed by atoms with E-state index < -0.39 is 14.3 Å². The van der Waals surface area contributed by atoms with E-state index in [0.29, 0.717) is 17.9 Å². The summed E-state index contributed by atoms with van der Waals surface area (Å²) in [7, 11) is -1.58. The summed E-state index contributed by atoms with van der Waals surface area (Å²) in [6.45, 7) is 11.7. The zero-order valence-corrected chi connectivity index (χ0v) is 22.1. The lowest BCUT2D eigenvalue weighted by atomic mass is 9.81. The summed E-state index contributed by atoms with van der Waals surface area (Å²) in [4.78, 5) is 10.7. The van der Waals surface area contributed by atoms with Gasteiger partial charge in [-0.1, -0.05) is 62.8 Å². The Labute approximate surface area is 197 Å². The minimum absolute atomic E-state index is 0.260. The van der Waals surface area contributed by atoms with Gasteiger partial charge in [0.25, 0.3) is 0 Å². The zero-order valence-electron chi connectivity index (χ0n) is 21.1. The van der Waals surface area contributed by atoms with Crippen molar-refractivity contribution >= 4 is 14.3 Å². The van der Waals surface area contributed by atoms with Gasteiger partial charge in [0.05, 0.1) is 0 Å². The van der Waals surface area contributed by atoms with Crippen LogP contribution in [0, 0.1) is 23.7 Å². The predicted octanol–water partition coefficient (Wildman–Crippen LogP) is 7.73. The number of aliphatic carboxylic acids is 1. The third kappa shape index (κ3) is 10.0. The summed E-state index contributed by atoms with van der Waals surface area (Å²) in [6.07, 6.45) is 14.0. The summed E-state index contributed by atoms with van der Waals surface area (Å²) in [5, 5.41) is 8.82. The molecule has 0 amide bonds. The Bertz CT molecular complexity index is 694. The van der Waals surface area contributed by atoms with Gasteiger partial charge in [-0.15, -0.1) is 0 Å². The third-order valence-corrected chi connectivity index (χ3v) is 7.98. The van der Waals surface area contributed by atoms with Crippen LogP contribution in [0.4, 0.5) is 0 Å². The first-order valence-electron chi connectivity index (χ1n) is 12.7. The Morgan fingerprint density at radius 3 is 2.53 bits per heavy atom. The molecule has 0 unspecified atom stereocenters. The molecule has 180 valence electrons. The topological polar surface area (TPSA) is 46.5 Å². The van der Waals surface area contributed by atoms with E-state index in [9.17, 15) is 4.79 Å². The molecule has 0 heterocycles. The fourth-order valence-corrected chi connectivity index (χ4v) is 6.43. The van der Waals surface area contributed by atoms with Crippen LogP contribution in [0.1, 0.15) is 70.8 Å². The van der Waals surface area contributed by atoms with Crippen LogP contribution in [0.5, 0.6) is 0 Å². The van der Waals surface area contributed by atoms with Gasteiger partial charge >= 0.3 is 5.97 Å². The van der Waals surface area contributed by atoms with E-state index in [0.717, 1.165) is 31.1 Å². The summed E-state index contributed by atoms with van der Waals surface area (Å²) in [5.41, 5.74) is 1.45. The second-order valence-corrected chi connectivity index (χ2v) is 15.5. The van der Waals surface area contributed by atoms with E-state index in [1.54, 1.807) is 0 Å². The van der Waals surface area contributed by atoms with Crippen molar-refractivity contribution in [1.29, 1.82) is 0 Å². The van der Waals surface area contributed by atoms with E-state index in [1.165, 1.54) is 37.7 Å². The molecule has 5 atom stereocenters. The van der Waals surface area contributed by atoms with Crippen molar-refractivity contribution in [2.45, 2.75) is 97.4 Å². The van der Waals surface area contributed by atoms with Crippen molar-refractivity contribution in [3.63, 3.8) is 0 Å². The quantitative estimate of drug-likeness (QED) is 0.176. The maximum Gasteiger partial charge on any atom is 0.303 e. The maximum atomic E-state index is 10.7. The molecule has 1 saturated carbocycles. The molecule has 1 N–H and O–H groups in total. The maximum absolute atomic E-state index is 10.7. The normalized spacial score (nSPS) is 24.8. The van der Waals surface area contributed by atoms with E-state index in [-0.39, 0.29) is 6.42 Å². The van der Waals surface area contributed by atoms with Crippen LogP contribution in [-0.4, -0.2) is 25.5 Å². The number of unbranched alkanes of at least 4 members (excludes halogenated alkanes) is 1. The number of hydrogen-bond donors (Lipinski definition) is 1. The van der Waals surface area contributed by atoms with Crippen LogP contribution < -0.4 is 0 Å². The molecule has 1 aliphatic rings. The van der Waals surface area contributed by atoms with Gasteiger partial charge in [0.15, 0.2) is 8.32 Å². The van der Waals surface area contributed by atoms with Crippen molar-refractivity contribution in [2.24, 2.45) is 23.7 Å². The molecule has 32 heavy (non-hydrogen) atoms.